The van der Waals surface area contributed by atoms with Gasteiger partial charge in [-0.15, -0.1) is 0 Å². The van der Waals surface area contributed by atoms with Crippen molar-refractivity contribution in [2.75, 3.05) is 31.2 Å². The zero-order valence-corrected chi connectivity index (χ0v) is 15.8. The van der Waals surface area contributed by atoms with Crippen molar-refractivity contribution in [1.29, 1.82) is 5.26 Å². The Labute approximate surface area is 164 Å². The number of rotatable bonds is 4. The fourth-order valence-electron chi connectivity index (χ4n) is 3.85. The van der Waals surface area contributed by atoms with Crippen LogP contribution in [0, 0.1) is 11.3 Å². The first-order chi connectivity index (χ1) is 13.8. The molecule has 1 aliphatic carbocycles. The lowest BCUT2D eigenvalue weighted by Crippen LogP contribution is -2.38. The van der Waals surface area contributed by atoms with Crippen LogP contribution in [0.1, 0.15) is 43.7 Å². The molecular weight excluding hydrogens is 356 g/mol. The van der Waals surface area contributed by atoms with Gasteiger partial charge in [-0.2, -0.15) is 5.26 Å². The number of para-hydroxylation sites is 2. The molecule has 7 heteroatoms. The molecule has 0 amide bonds. The summed E-state index contributed by atoms with van der Waals surface area (Å²) in [6.45, 7) is 2.46. The van der Waals surface area contributed by atoms with Crippen LogP contribution in [0.15, 0.2) is 24.3 Å². The van der Waals surface area contributed by atoms with E-state index in [4.69, 9.17) is 14.5 Å². The van der Waals surface area contributed by atoms with Crippen molar-refractivity contribution in [3.63, 3.8) is 0 Å². The monoisotopic (exact) mass is 380 g/mol. The van der Waals surface area contributed by atoms with Gasteiger partial charge in [0.1, 0.15) is 11.8 Å². The summed E-state index contributed by atoms with van der Waals surface area (Å²) in [6, 6.07) is 9.62. The van der Waals surface area contributed by atoms with Crippen LogP contribution >= 0.6 is 0 Å². The molecule has 4 rings (SSSR count). The van der Waals surface area contributed by atoms with E-state index in [1.165, 1.54) is 6.42 Å². The average molecular weight is 380 g/mol. The van der Waals surface area contributed by atoms with E-state index in [9.17, 15) is 10.1 Å². The molecule has 1 aliphatic heterocycles. The number of carbonyl (C=O) groups excluding carboxylic acids is 1. The van der Waals surface area contributed by atoms with Crippen molar-refractivity contribution >= 4 is 22.8 Å². The lowest BCUT2D eigenvalue weighted by Gasteiger charge is -2.30. The highest BCUT2D eigenvalue weighted by Gasteiger charge is 2.32. The van der Waals surface area contributed by atoms with Crippen molar-refractivity contribution in [2.45, 2.75) is 44.1 Å². The van der Waals surface area contributed by atoms with Crippen molar-refractivity contribution in [3.05, 3.63) is 30.0 Å². The minimum atomic E-state index is -1.09. The SMILES string of the molecule is N#C[C@@H](C(=O)OC1CCCCC1)c1nc2ccccc2nc1N1CCOCC1. The van der Waals surface area contributed by atoms with E-state index >= 15 is 0 Å². The third kappa shape index (κ3) is 3.92. The quantitative estimate of drug-likeness (QED) is 0.754. The number of esters is 1. The number of nitriles is 1. The lowest BCUT2D eigenvalue weighted by molar-refractivity contribution is -0.150. The Balaban J connectivity index is 1.69. The van der Waals surface area contributed by atoms with Crippen LogP contribution in [0.25, 0.3) is 11.0 Å². The highest BCUT2D eigenvalue weighted by atomic mass is 16.5. The predicted molar refractivity (Wildman–Crippen MR) is 104 cm³/mol. The summed E-state index contributed by atoms with van der Waals surface area (Å²) in [5, 5.41) is 9.81. The van der Waals surface area contributed by atoms with E-state index in [1.54, 1.807) is 0 Å². The van der Waals surface area contributed by atoms with E-state index in [1.807, 2.05) is 29.2 Å². The summed E-state index contributed by atoms with van der Waals surface area (Å²) >= 11 is 0. The molecule has 0 spiro atoms. The van der Waals surface area contributed by atoms with Gasteiger partial charge in [0.2, 0.25) is 0 Å². The minimum absolute atomic E-state index is 0.0997. The van der Waals surface area contributed by atoms with Gasteiger partial charge in [-0.05, 0) is 37.8 Å². The second-order valence-corrected chi connectivity index (χ2v) is 7.28. The van der Waals surface area contributed by atoms with Crippen LogP contribution in [0.5, 0.6) is 0 Å². The Morgan fingerprint density at radius 1 is 1.14 bits per heavy atom. The molecule has 2 heterocycles. The third-order valence-electron chi connectivity index (χ3n) is 5.36. The molecule has 1 atom stereocenters. The summed E-state index contributed by atoms with van der Waals surface area (Å²) in [5.41, 5.74) is 1.79. The summed E-state index contributed by atoms with van der Waals surface area (Å²) in [5.74, 6) is -1.03. The molecule has 0 bridgehead atoms. The first kappa shape index (κ1) is 18.6. The van der Waals surface area contributed by atoms with Crippen LogP contribution in [-0.4, -0.2) is 48.3 Å². The Kier molecular flexibility index (Phi) is 5.68. The van der Waals surface area contributed by atoms with Crippen molar-refractivity contribution in [3.8, 4) is 6.07 Å². The maximum Gasteiger partial charge on any atom is 0.329 e. The van der Waals surface area contributed by atoms with Crippen molar-refractivity contribution in [1.82, 2.24) is 9.97 Å². The fourth-order valence-corrected chi connectivity index (χ4v) is 3.85. The second-order valence-electron chi connectivity index (χ2n) is 7.28. The van der Waals surface area contributed by atoms with E-state index in [2.05, 4.69) is 11.1 Å². The first-order valence-electron chi connectivity index (χ1n) is 9.96. The van der Waals surface area contributed by atoms with Gasteiger partial charge in [-0.1, -0.05) is 18.6 Å². The number of carbonyl (C=O) groups is 1. The predicted octanol–water partition coefficient (Wildman–Crippen LogP) is 2.95. The van der Waals surface area contributed by atoms with Gasteiger partial charge in [0, 0.05) is 13.1 Å². The Bertz CT molecular complexity index is 883. The van der Waals surface area contributed by atoms with Crippen molar-refractivity contribution in [2.24, 2.45) is 0 Å². The highest BCUT2D eigenvalue weighted by molar-refractivity contribution is 5.85. The van der Waals surface area contributed by atoms with E-state index in [-0.39, 0.29) is 6.10 Å². The Morgan fingerprint density at radius 2 is 1.82 bits per heavy atom. The number of morpholine rings is 1. The molecule has 0 unspecified atom stereocenters. The lowest BCUT2D eigenvalue weighted by atomic mass is 9.97. The molecule has 0 radical (unpaired) electrons. The number of hydrogen-bond donors (Lipinski definition) is 0. The van der Waals surface area contributed by atoms with Crippen LogP contribution in [0.4, 0.5) is 5.82 Å². The van der Waals surface area contributed by atoms with Crippen molar-refractivity contribution < 1.29 is 14.3 Å². The topological polar surface area (TPSA) is 88.3 Å². The summed E-state index contributed by atoms with van der Waals surface area (Å²) in [4.78, 5) is 24.3. The Morgan fingerprint density at radius 3 is 2.50 bits per heavy atom. The fraction of sp³-hybridized carbons (Fsp3) is 0.524. The number of fused-ring (bicyclic) bond motifs is 1. The van der Waals surface area contributed by atoms with Crippen LogP contribution in [-0.2, 0) is 14.3 Å². The molecule has 2 fully saturated rings. The summed E-state index contributed by atoms with van der Waals surface area (Å²) < 4.78 is 11.1. The van der Waals surface area contributed by atoms with Crippen LogP contribution < -0.4 is 4.90 Å². The maximum atomic E-state index is 12.9. The number of benzene rings is 1. The van der Waals surface area contributed by atoms with Gasteiger partial charge in [0.05, 0.1) is 30.3 Å². The highest BCUT2D eigenvalue weighted by Crippen LogP contribution is 2.30. The van der Waals surface area contributed by atoms with Gasteiger partial charge in [0.15, 0.2) is 11.7 Å². The van der Waals surface area contributed by atoms with Gasteiger partial charge >= 0.3 is 5.97 Å². The minimum Gasteiger partial charge on any atom is -0.461 e. The largest absolute Gasteiger partial charge is 0.461 e. The number of hydrogen-bond acceptors (Lipinski definition) is 7. The molecule has 1 saturated heterocycles. The molecular formula is C21H24N4O3. The van der Waals surface area contributed by atoms with Crippen LogP contribution in [0.2, 0.25) is 0 Å². The molecule has 7 nitrogen and oxygen atoms in total. The number of ether oxygens (including phenoxy) is 2. The molecule has 0 N–H and O–H groups in total. The second kappa shape index (κ2) is 8.53. The van der Waals surface area contributed by atoms with Gasteiger partial charge in [0.25, 0.3) is 0 Å². The standard InChI is InChI=1S/C21H24N4O3/c22-14-16(21(26)28-15-6-2-1-3-7-15)19-20(25-10-12-27-13-11-25)24-18-9-5-4-8-17(18)23-19/h4-5,8-9,15-16H,1-3,6-7,10-13H2/t16-/m1/s1. The zero-order chi connectivity index (χ0) is 19.3. The first-order valence-corrected chi connectivity index (χ1v) is 9.96. The number of nitrogens with zero attached hydrogens (tertiary/aromatic N) is 4. The zero-order valence-electron chi connectivity index (χ0n) is 15.8. The molecule has 2 aromatic rings. The average Bonchev–Trinajstić information content (AvgIpc) is 2.75. The third-order valence-corrected chi connectivity index (χ3v) is 5.36. The number of anilines is 1. The molecule has 1 saturated carbocycles. The summed E-state index contributed by atoms with van der Waals surface area (Å²) in [7, 11) is 0. The number of aromatic nitrogens is 2. The molecule has 28 heavy (non-hydrogen) atoms. The van der Waals surface area contributed by atoms with Gasteiger partial charge in [-0.25, -0.2) is 9.97 Å². The molecule has 1 aromatic heterocycles. The summed E-state index contributed by atoms with van der Waals surface area (Å²) in [6.07, 6.45) is 4.92. The van der Waals surface area contributed by atoms with E-state index in [0.717, 1.165) is 31.2 Å². The molecule has 2 aliphatic rings. The maximum absolute atomic E-state index is 12.9. The smallest absolute Gasteiger partial charge is 0.329 e. The molecule has 1 aromatic carbocycles. The molecule has 146 valence electrons. The van der Waals surface area contributed by atoms with E-state index in [0.29, 0.717) is 43.3 Å². The normalized spacial score (nSPS) is 19.2. The van der Waals surface area contributed by atoms with Crippen LogP contribution in [0.3, 0.4) is 0 Å². The van der Waals surface area contributed by atoms with Gasteiger partial charge in [-0.3, -0.25) is 4.79 Å². The Hall–Kier alpha value is -2.72. The van der Waals surface area contributed by atoms with E-state index < -0.39 is 11.9 Å². The van der Waals surface area contributed by atoms with Gasteiger partial charge < -0.3 is 14.4 Å².